The minimum absolute atomic E-state index is 0.179. The first kappa shape index (κ1) is 14.5. The molecule has 17 heavy (non-hydrogen) atoms. The van der Waals surface area contributed by atoms with Crippen LogP contribution < -0.4 is 10.6 Å². The highest BCUT2D eigenvalue weighted by atomic mass is 79.9. The van der Waals surface area contributed by atoms with Gasteiger partial charge in [-0.15, -0.1) is 11.3 Å². The maximum atomic E-state index is 11.3. The standard InChI is InChI=1S/C11H17BrN2O2S/c1-8(15)4-6-13-11(16)14-7-5-9-2-3-10(12)17-9/h2-3,8,15H,4-7H2,1H3,(H2,13,14,16). The molecule has 4 nitrogen and oxygen atoms in total. The van der Waals surface area contributed by atoms with Crippen molar-refractivity contribution < 1.29 is 9.90 Å². The third-order valence-corrected chi connectivity index (χ3v) is 3.82. The van der Waals surface area contributed by atoms with Crippen molar-refractivity contribution in [2.75, 3.05) is 13.1 Å². The van der Waals surface area contributed by atoms with Crippen LogP contribution in [0.15, 0.2) is 15.9 Å². The number of hydrogen-bond acceptors (Lipinski definition) is 3. The molecule has 96 valence electrons. The molecule has 0 radical (unpaired) electrons. The van der Waals surface area contributed by atoms with E-state index in [-0.39, 0.29) is 12.1 Å². The number of rotatable bonds is 6. The molecule has 3 N–H and O–H groups in total. The van der Waals surface area contributed by atoms with Crippen molar-refractivity contribution in [1.29, 1.82) is 0 Å². The minimum Gasteiger partial charge on any atom is -0.393 e. The molecule has 0 aliphatic heterocycles. The van der Waals surface area contributed by atoms with E-state index in [4.69, 9.17) is 5.11 Å². The molecule has 0 aliphatic carbocycles. The van der Waals surface area contributed by atoms with Crippen molar-refractivity contribution in [1.82, 2.24) is 10.6 Å². The summed E-state index contributed by atoms with van der Waals surface area (Å²) >= 11 is 5.07. The lowest BCUT2D eigenvalue weighted by Crippen LogP contribution is -2.37. The number of aliphatic hydroxyl groups is 1. The molecule has 0 saturated heterocycles. The van der Waals surface area contributed by atoms with Crippen molar-refractivity contribution in [3.05, 3.63) is 20.8 Å². The van der Waals surface area contributed by atoms with Crippen LogP contribution in [0.5, 0.6) is 0 Å². The highest BCUT2D eigenvalue weighted by molar-refractivity contribution is 9.11. The van der Waals surface area contributed by atoms with Crippen molar-refractivity contribution in [3.8, 4) is 0 Å². The summed E-state index contributed by atoms with van der Waals surface area (Å²) in [5, 5.41) is 14.5. The van der Waals surface area contributed by atoms with Gasteiger partial charge in [0.05, 0.1) is 9.89 Å². The van der Waals surface area contributed by atoms with Crippen LogP contribution in [-0.2, 0) is 6.42 Å². The molecule has 1 rings (SSSR count). The predicted octanol–water partition coefficient (Wildman–Crippen LogP) is 2.12. The second kappa shape index (κ2) is 7.68. The van der Waals surface area contributed by atoms with Gasteiger partial charge in [-0.3, -0.25) is 0 Å². The Kier molecular flexibility index (Phi) is 6.54. The largest absolute Gasteiger partial charge is 0.393 e. The molecule has 2 amide bonds. The molecule has 6 heteroatoms. The summed E-state index contributed by atoms with van der Waals surface area (Å²) in [6.07, 6.45) is 1.03. The number of urea groups is 1. The highest BCUT2D eigenvalue weighted by Crippen LogP contribution is 2.21. The fourth-order valence-corrected chi connectivity index (χ4v) is 2.73. The Morgan fingerprint density at radius 3 is 2.76 bits per heavy atom. The van der Waals surface area contributed by atoms with Crippen molar-refractivity contribution >= 4 is 33.3 Å². The van der Waals surface area contributed by atoms with Crippen molar-refractivity contribution in [3.63, 3.8) is 0 Å². The van der Waals surface area contributed by atoms with Crippen molar-refractivity contribution in [2.45, 2.75) is 25.9 Å². The molecule has 1 unspecified atom stereocenters. The van der Waals surface area contributed by atoms with Gasteiger partial charge >= 0.3 is 6.03 Å². The van der Waals surface area contributed by atoms with Crippen LogP contribution >= 0.6 is 27.3 Å². The van der Waals surface area contributed by atoms with E-state index in [0.717, 1.165) is 10.2 Å². The van der Waals surface area contributed by atoms with Gasteiger partial charge in [-0.1, -0.05) is 0 Å². The molecule has 1 heterocycles. The van der Waals surface area contributed by atoms with Gasteiger partial charge in [-0.05, 0) is 47.8 Å². The van der Waals surface area contributed by atoms with Gasteiger partial charge in [0.15, 0.2) is 0 Å². The average Bonchev–Trinajstić information content (AvgIpc) is 2.63. The van der Waals surface area contributed by atoms with Crippen LogP contribution in [0.25, 0.3) is 0 Å². The van der Waals surface area contributed by atoms with E-state index in [9.17, 15) is 4.79 Å². The van der Waals surface area contributed by atoms with Crippen LogP contribution in [0.2, 0.25) is 0 Å². The number of nitrogens with one attached hydrogen (secondary N) is 2. The number of aliphatic hydroxyl groups excluding tert-OH is 1. The average molecular weight is 321 g/mol. The summed E-state index contributed by atoms with van der Waals surface area (Å²) in [6, 6.07) is 3.87. The molecule has 0 spiro atoms. The van der Waals surface area contributed by atoms with Gasteiger partial charge in [0.25, 0.3) is 0 Å². The SMILES string of the molecule is CC(O)CCNC(=O)NCCc1ccc(Br)s1. The Labute approximate surface area is 114 Å². The zero-order valence-corrected chi connectivity index (χ0v) is 12.1. The summed E-state index contributed by atoms with van der Waals surface area (Å²) in [7, 11) is 0. The summed E-state index contributed by atoms with van der Waals surface area (Å²) in [6.45, 7) is 2.82. The summed E-state index contributed by atoms with van der Waals surface area (Å²) < 4.78 is 1.11. The second-order valence-electron chi connectivity index (χ2n) is 3.78. The van der Waals surface area contributed by atoms with Crippen molar-refractivity contribution in [2.24, 2.45) is 0 Å². The Bertz CT molecular complexity index is 355. The molecule has 0 bridgehead atoms. The molecule has 1 atom stereocenters. The smallest absolute Gasteiger partial charge is 0.314 e. The third-order valence-electron chi connectivity index (χ3n) is 2.13. The van der Waals surface area contributed by atoms with Gasteiger partial charge in [0.2, 0.25) is 0 Å². The molecule has 0 fully saturated rings. The Morgan fingerprint density at radius 2 is 2.18 bits per heavy atom. The summed E-state index contributed by atoms with van der Waals surface area (Å²) in [5.41, 5.74) is 0. The normalized spacial score (nSPS) is 12.2. The quantitative estimate of drug-likeness (QED) is 0.752. The van der Waals surface area contributed by atoms with E-state index in [1.807, 2.05) is 12.1 Å². The van der Waals surface area contributed by atoms with Crippen LogP contribution in [0, 0.1) is 0 Å². The fourth-order valence-electron chi connectivity index (χ4n) is 1.24. The third kappa shape index (κ3) is 6.65. The van der Waals surface area contributed by atoms with E-state index in [0.29, 0.717) is 19.5 Å². The number of carbonyl (C=O) groups excluding carboxylic acids is 1. The number of thiophene rings is 1. The number of hydrogen-bond donors (Lipinski definition) is 3. The lowest BCUT2D eigenvalue weighted by molar-refractivity contribution is 0.183. The highest BCUT2D eigenvalue weighted by Gasteiger charge is 2.02. The van der Waals surface area contributed by atoms with Gasteiger partial charge < -0.3 is 15.7 Å². The fraction of sp³-hybridized carbons (Fsp3) is 0.545. The van der Waals surface area contributed by atoms with Gasteiger partial charge in [-0.2, -0.15) is 0 Å². The number of amides is 2. The Hall–Kier alpha value is -0.590. The second-order valence-corrected chi connectivity index (χ2v) is 6.32. The first-order chi connectivity index (χ1) is 8.08. The van der Waals surface area contributed by atoms with E-state index < -0.39 is 0 Å². The van der Waals surface area contributed by atoms with Crippen LogP contribution in [0.1, 0.15) is 18.2 Å². The summed E-state index contributed by atoms with van der Waals surface area (Å²) in [5.74, 6) is 0. The molecule has 0 aliphatic rings. The first-order valence-electron chi connectivity index (χ1n) is 5.52. The zero-order chi connectivity index (χ0) is 12.7. The molecule has 1 aromatic heterocycles. The molecular weight excluding hydrogens is 304 g/mol. The maximum Gasteiger partial charge on any atom is 0.314 e. The van der Waals surface area contributed by atoms with E-state index >= 15 is 0 Å². The van der Waals surface area contributed by atoms with Crippen LogP contribution in [-0.4, -0.2) is 30.3 Å². The van der Waals surface area contributed by atoms with Gasteiger partial charge in [-0.25, -0.2) is 4.79 Å². The predicted molar refractivity (Wildman–Crippen MR) is 73.4 cm³/mol. The Balaban J connectivity index is 2.08. The zero-order valence-electron chi connectivity index (χ0n) is 9.70. The minimum atomic E-state index is -0.376. The molecule has 0 aromatic carbocycles. The van der Waals surface area contributed by atoms with Gasteiger partial charge in [0.1, 0.15) is 0 Å². The van der Waals surface area contributed by atoms with Crippen LogP contribution in [0.4, 0.5) is 4.79 Å². The monoisotopic (exact) mass is 320 g/mol. The number of halogens is 1. The lowest BCUT2D eigenvalue weighted by Gasteiger charge is -2.08. The molecular formula is C11H17BrN2O2S. The molecule has 1 aromatic rings. The van der Waals surface area contributed by atoms with E-state index in [1.165, 1.54) is 4.88 Å². The molecule has 0 saturated carbocycles. The number of carbonyl (C=O) groups is 1. The van der Waals surface area contributed by atoms with E-state index in [2.05, 4.69) is 26.6 Å². The maximum absolute atomic E-state index is 11.3. The lowest BCUT2D eigenvalue weighted by atomic mass is 10.3. The summed E-state index contributed by atoms with van der Waals surface area (Å²) in [4.78, 5) is 12.5. The van der Waals surface area contributed by atoms with E-state index in [1.54, 1.807) is 18.3 Å². The van der Waals surface area contributed by atoms with Crippen LogP contribution in [0.3, 0.4) is 0 Å². The Morgan fingerprint density at radius 1 is 1.47 bits per heavy atom. The first-order valence-corrected chi connectivity index (χ1v) is 7.13. The van der Waals surface area contributed by atoms with Gasteiger partial charge in [0, 0.05) is 18.0 Å². The topological polar surface area (TPSA) is 61.4 Å².